The van der Waals surface area contributed by atoms with Crippen molar-refractivity contribution < 1.29 is 0 Å². The summed E-state index contributed by atoms with van der Waals surface area (Å²) in [6, 6.07) is 2.00. The maximum Gasteiger partial charge on any atom is 0.0840 e. The predicted octanol–water partition coefficient (Wildman–Crippen LogP) is 2.37. The zero-order chi connectivity index (χ0) is 8.10. The van der Waals surface area contributed by atoms with Crippen LogP contribution in [0.1, 0.15) is 19.4 Å². The van der Waals surface area contributed by atoms with E-state index in [2.05, 4.69) is 16.9 Å². The van der Waals surface area contributed by atoms with Crippen molar-refractivity contribution in [2.24, 2.45) is 4.99 Å². The van der Waals surface area contributed by atoms with Crippen molar-refractivity contribution >= 4 is 11.9 Å². The summed E-state index contributed by atoms with van der Waals surface area (Å²) in [6.45, 7) is 4.02. The summed E-state index contributed by atoms with van der Waals surface area (Å²) in [5.41, 5.74) is 2.23. The third-order valence-electron chi connectivity index (χ3n) is 1.54. The van der Waals surface area contributed by atoms with Gasteiger partial charge in [-0.2, -0.15) is 0 Å². The molecule has 1 rings (SSSR count). The summed E-state index contributed by atoms with van der Waals surface area (Å²) in [6.07, 6.45) is 6.39. The molecular formula is C9H12N2. The van der Waals surface area contributed by atoms with Gasteiger partial charge in [0, 0.05) is 12.4 Å². The first-order valence-electron chi connectivity index (χ1n) is 3.80. The van der Waals surface area contributed by atoms with Gasteiger partial charge in [-0.25, -0.2) is 0 Å². The van der Waals surface area contributed by atoms with E-state index in [1.165, 1.54) is 5.56 Å². The minimum absolute atomic E-state index is 0.984. The summed E-state index contributed by atoms with van der Waals surface area (Å²) in [5, 5.41) is 0. The monoisotopic (exact) mass is 148 g/mol. The van der Waals surface area contributed by atoms with Crippen molar-refractivity contribution in [3.05, 3.63) is 24.0 Å². The minimum atomic E-state index is 0.984. The normalized spacial score (nSPS) is 10.7. The van der Waals surface area contributed by atoms with Crippen LogP contribution < -0.4 is 0 Å². The second-order valence-electron chi connectivity index (χ2n) is 2.25. The first kappa shape index (κ1) is 7.92. The number of nitrogens with zero attached hydrogens (tertiary/aromatic N) is 2. The molecule has 0 fully saturated rings. The molecule has 0 N–H and O–H groups in total. The molecule has 0 aromatic carbocycles. The van der Waals surface area contributed by atoms with Crippen molar-refractivity contribution in [2.75, 3.05) is 0 Å². The van der Waals surface area contributed by atoms with Crippen LogP contribution in [-0.2, 0) is 6.42 Å². The Morgan fingerprint density at radius 2 is 2.45 bits per heavy atom. The second-order valence-corrected chi connectivity index (χ2v) is 2.25. The summed E-state index contributed by atoms with van der Waals surface area (Å²) >= 11 is 0. The van der Waals surface area contributed by atoms with E-state index in [-0.39, 0.29) is 0 Å². The average molecular weight is 148 g/mol. The van der Waals surface area contributed by atoms with Gasteiger partial charge >= 0.3 is 0 Å². The number of aryl methyl sites for hydroxylation is 1. The summed E-state index contributed by atoms with van der Waals surface area (Å²) < 4.78 is 0. The highest BCUT2D eigenvalue weighted by atomic mass is 14.8. The number of hydrogen-bond donors (Lipinski definition) is 0. The zero-order valence-electron chi connectivity index (χ0n) is 6.91. The Kier molecular flexibility index (Phi) is 2.78. The van der Waals surface area contributed by atoms with Gasteiger partial charge in [-0.3, -0.25) is 9.98 Å². The molecule has 1 aromatic rings. The molecule has 0 aliphatic heterocycles. The van der Waals surface area contributed by atoms with Gasteiger partial charge in [0.2, 0.25) is 0 Å². The molecule has 11 heavy (non-hydrogen) atoms. The van der Waals surface area contributed by atoms with Crippen LogP contribution in [0.4, 0.5) is 5.69 Å². The van der Waals surface area contributed by atoms with Gasteiger partial charge in [0.25, 0.3) is 0 Å². The van der Waals surface area contributed by atoms with Gasteiger partial charge in [-0.1, -0.05) is 6.92 Å². The van der Waals surface area contributed by atoms with Crippen LogP contribution in [0.5, 0.6) is 0 Å². The Hall–Kier alpha value is -1.18. The van der Waals surface area contributed by atoms with Crippen LogP contribution in [0.2, 0.25) is 0 Å². The average Bonchev–Trinajstić information content (AvgIpc) is 2.06. The highest BCUT2D eigenvalue weighted by Gasteiger charge is 1.94. The number of aliphatic imine (C=N–C) groups is 1. The molecule has 2 heteroatoms. The van der Waals surface area contributed by atoms with Crippen LogP contribution in [0, 0.1) is 0 Å². The summed E-state index contributed by atoms with van der Waals surface area (Å²) in [4.78, 5) is 8.19. The molecule has 0 aliphatic carbocycles. The SMILES string of the molecule is CC=Nc1cnccc1CC. The maximum absolute atomic E-state index is 4.19. The molecule has 1 heterocycles. The van der Waals surface area contributed by atoms with E-state index in [0.29, 0.717) is 0 Å². The zero-order valence-corrected chi connectivity index (χ0v) is 6.91. The van der Waals surface area contributed by atoms with E-state index < -0.39 is 0 Å². The molecule has 0 saturated carbocycles. The molecular weight excluding hydrogens is 136 g/mol. The summed E-state index contributed by atoms with van der Waals surface area (Å²) in [5.74, 6) is 0. The van der Waals surface area contributed by atoms with E-state index in [1.54, 1.807) is 18.6 Å². The lowest BCUT2D eigenvalue weighted by molar-refractivity contribution is 1.11. The lowest BCUT2D eigenvalue weighted by Crippen LogP contribution is -1.81. The first-order valence-corrected chi connectivity index (χ1v) is 3.80. The fourth-order valence-corrected chi connectivity index (χ4v) is 0.969. The Morgan fingerprint density at radius 3 is 3.09 bits per heavy atom. The highest BCUT2D eigenvalue weighted by molar-refractivity contribution is 5.61. The standard InChI is InChI=1S/C9H12N2/c1-3-8-5-6-10-7-9(8)11-4-2/h4-7H,3H2,1-2H3. The van der Waals surface area contributed by atoms with Crippen molar-refractivity contribution in [3.8, 4) is 0 Å². The third-order valence-corrected chi connectivity index (χ3v) is 1.54. The van der Waals surface area contributed by atoms with Crippen molar-refractivity contribution in [2.45, 2.75) is 20.3 Å². The summed E-state index contributed by atoms with van der Waals surface area (Å²) in [7, 11) is 0. The largest absolute Gasteiger partial charge is 0.262 e. The second kappa shape index (κ2) is 3.86. The smallest absolute Gasteiger partial charge is 0.0840 e. The maximum atomic E-state index is 4.19. The molecule has 2 nitrogen and oxygen atoms in total. The van der Waals surface area contributed by atoms with Crippen LogP contribution >= 0.6 is 0 Å². The highest BCUT2D eigenvalue weighted by Crippen LogP contribution is 2.16. The third kappa shape index (κ3) is 1.87. The molecule has 0 atom stereocenters. The van der Waals surface area contributed by atoms with E-state index in [9.17, 15) is 0 Å². The van der Waals surface area contributed by atoms with Crippen LogP contribution in [0.25, 0.3) is 0 Å². The van der Waals surface area contributed by atoms with Crippen LogP contribution in [-0.4, -0.2) is 11.2 Å². The predicted molar refractivity (Wildman–Crippen MR) is 47.4 cm³/mol. The van der Waals surface area contributed by atoms with Gasteiger partial charge < -0.3 is 0 Å². The Labute approximate surface area is 67.0 Å². The Balaban J connectivity index is 3.02. The van der Waals surface area contributed by atoms with Crippen molar-refractivity contribution in [1.29, 1.82) is 0 Å². The number of aromatic nitrogens is 1. The van der Waals surface area contributed by atoms with Crippen molar-refractivity contribution in [1.82, 2.24) is 4.98 Å². The fraction of sp³-hybridized carbons (Fsp3) is 0.333. The van der Waals surface area contributed by atoms with E-state index in [0.717, 1.165) is 12.1 Å². The molecule has 1 aromatic heterocycles. The molecule has 0 aliphatic rings. The molecule has 0 saturated heterocycles. The topological polar surface area (TPSA) is 25.2 Å². The van der Waals surface area contributed by atoms with E-state index in [4.69, 9.17) is 0 Å². The van der Waals surface area contributed by atoms with Gasteiger partial charge in [-0.15, -0.1) is 0 Å². The molecule has 0 unspecified atom stereocenters. The Bertz CT molecular complexity index is 253. The lowest BCUT2D eigenvalue weighted by Gasteiger charge is -1.98. The Morgan fingerprint density at radius 1 is 1.64 bits per heavy atom. The quantitative estimate of drug-likeness (QED) is 0.591. The van der Waals surface area contributed by atoms with Gasteiger partial charge in [0.05, 0.1) is 11.9 Å². The number of hydrogen-bond acceptors (Lipinski definition) is 2. The van der Waals surface area contributed by atoms with E-state index in [1.807, 2.05) is 13.0 Å². The number of rotatable bonds is 2. The van der Waals surface area contributed by atoms with E-state index >= 15 is 0 Å². The number of pyridine rings is 1. The fourth-order valence-electron chi connectivity index (χ4n) is 0.969. The van der Waals surface area contributed by atoms with Gasteiger partial charge in [0.1, 0.15) is 0 Å². The molecule has 0 radical (unpaired) electrons. The lowest BCUT2D eigenvalue weighted by atomic mass is 10.2. The van der Waals surface area contributed by atoms with Crippen LogP contribution in [0.15, 0.2) is 23.5 Å². The van der Waals surface area contributed by atoms with Crippen LogP contribution in [0.3, 0.4) is 0 Å². The molecule has 0 bridgehead atoms. The molecule has 0 amide bonds. The molecule has 0 spiro atoms. The first-order chi connectivity index (χ1) is 5.38. The van der Waals surface area contributed by atoms with Crippen molar-refractivity contribution in [3.63, 3.8) is 0 Å². The van der Waals surface area contributed by atoms with Gasteiger partial charge in [-0.05, 0) is 25.0 Å². The molecule has 58 valence electrons. The van der Waals surface area contributed by atoms with Gasteiger partial charge in [0.15, 0.2) is 0 Å². The minimum Gasteiger partial charge on any atom is -0.262 e.